The van der Waals surface area contributed by atoms with Crippen LogP contribution in [0.4, 0.5) is 13.2 Å². The summed E-state index contributed by atoms with van der Waals surface area (Å²) in [6, 6.07) is 7.83. The van der Waals surface area contributed by atoms with Gasteiger partial charge >= 0.3 is 12.1 Å². The van der Waals surface area contributed by atoms with Gasteiger partial charge in [0.2, 0.25) is 0 Å². The van der Waals surface area contributed by atoms with Gasteiger partial charge in [-0.3, -0.25) is 4.79 Å². The van der Waals surface area contributed by atoms with Crippen LogP contribution in [0.5, 0.6) is 5.75 Å². The zero-order chi connectivity index (χ0) is 20.2. The molecule has 2 aromatic rings. The average molecular weight is 383 g/mol. The van der Waals surface area contributed by atoms with Crippen molar-refractivity contribution in [1.82, 2.24) is 5.32 Å². The molecule has 3 N–H and O–H groups in total. The summed E-state index contributed by atoms with van der Waals surface area (Å²) in [5, 5.41) is 21.5. The second-order valence-corrected chi connectivity index (χ2v) is 5.55. The number of hydrogen-bond acceptors (Lipinski definition) is 4. The van der Waals surface area contributed by atoms with Crippen LogP contribution in [0, 0.1) is 0 Å². The van der Waals surface area contributed by atoms with E-state index < -0.39 is 41.3 Å². The Balaban J connectivity index is 2.28. The second-order valence-electron chi connectivity index (χ2n) is 5.55. The summed E-state index contributed by atoms with van der Waals surface area (Å²) in [6.07, 6.45) is -6.48. The van der Waals surface area contributed by atoms with E-state index in [9.17, 15) is 33.0 Å². The predicted octanol–water partition coefficient (Wildman–Crippen LogP) is 2.63. The molecule has 1 amide bonds. The number of rotatable bonds is 6. The number of aliphatic hydroxyl groups excluding tert-OH is 1. The van der Waals surface area contributed by atoms with E-state index in [1.165, 1.54) is 37.4 Å². The van der Waals surface area contributed by atoms with Gasteiger partial charge in [0.05, 0.1) is 18.2 Å². The predicted molar refractivity (Wildman–Crippen MR) is 88.3 cm³/mol. The standard InChI is InChI=1S/C18H16F3NO5/c1-27-11-8-6-10(7-9-11)15(23)14(17(25)26)22-16(24)12-4-2-3-5-13(12)18(19,20)21/h2-9,14-15,23H,1H3,(H,22,24)(H,25,26). The Kier molecular flexibility index (Phi) is 6.06. The van der Waals surface area contributed by atoms with Gasteiger partial charge in [-0.25, -0.2) is 4.79 Å². The fourth-order valence-corrected chi connectivity index (χ4v) is 2.42. The molecule has 6 nitrogen and oxygen atoms in total. The Morgan fingerprint density at radius 3 is 2.19 bits per heavy atom. The number of amides is 1. The highest BCUT2D eigenvalue weighted by molar-refractivity contribution is 5.98. The number of aliphatic carboxylic acids is 1. The van der Waals surface area contributed by atoms with Crippen molar-refractivity contribution >= 4 is 11.9 Å². The third-order valence-corrected chi connectivity index (χ3v) is 3.80. The molecule has 0 radical (unpaired) electrons. The number of benzene rings is 2. The zero-order valence-corrected chi connectivity index (χ0v) is 14.0. The highest BCUT2D eigenvalue weighted by Crippen LogP contribution is 2.32. The summed E-state index contributed by atoms with van der Waals surface area (Å²) in [6.45, 7) is 0. The van der Waals surface area contributed by atoms with Crippen LogP contribution in [-0.2, 0) is 11.0 Å². The molecule has 0 aliphatic carbocycles. The molecule has 0 aliphatic heterocycles. The van der Waals surface area contributed by atoms with Gasteiger partial charge in [-0.15, -0.1) is 0 Å². The minimum absolute atomic E-state index is 0.146. The number of hydrogen-bond donors (Lipinski definition) is 3. The van der Waals surface area contributed by atoms with Gasteiger partial charge in [-0.1, -0.05) is 24.3 Å². The molecule has 0 bridgehead atoms. The minimum Gasteiger partial charge on any atom is -0.497 e. The Morgan fingerprint density at radius 2 is 1.67 bits per heavy atom. The smallest absolute Gasteiger partial charge is 0.417 e. The van der Waals surface area contributed by atoms with E-state index in [4.69, 9.17) is 4.74 Å². The maximum absolute atomic E-state index is 13.0. The number of carboxylic acid groups (broad SMARTS) is 1. The van der Waals surface area contributed by atoms with E-state index in [0.29, 0.717) is 11.8 Å². The van der Waals surface area contributed by atoms with Crippen LogP contribution >= 0.6 is 0 Å². The Bertz CT molecular complexity index is 820. The minimum atomic E-state index is -4.79. The van der Waals surface area contributed by atoms with E-state index in [-0.39, 0.29) is 5.56 Å². The number of methoxy groups -OCH3 is 1. The molecular formula is C18H16F3NO5. The van der Waals surface area contributed by atoms with Gasteiger partial charge in [0.25, 0.3) is 5.91 Å². The van der Waals surface area contributed by atoms with Crippen LogP contribution in [0.1, 0.15) is 27.6 Å². The number of carbonyl (C=O) groups is 2. The quantitative estimate of drug-likeness (QED) is 0.713. The maximum Gasteiger partial charge on any atom is 0.417 e. The third-order valence-electron chi connectivity index (χ3n) is 3.80. The fraction of sp³-hybridized carbons (Fsp3) is 0.222. The molecule has 2 rings (SSSR count). The van der Waals surface area contributed by atoms with Crippen LogP contribution in [0.2, 0.25) is 0 Å². The molecule has 0 aliphatic rings. The van der Waals surface area contributed by atoms with Crippen molar-refractivity contribution in [1.29, 1.82) is 0 Å². The number of ether oxygens (including phenoxy) is 1. The van der Waals surface area contributed by atoms with Crippen molar-refractivity contribution < 1.29 is 37.7 Å². The van der Waals surface area contributed by atoms with Crippen LogP contribution in [0.15, 0.2) is 48.5 Å². The van der Waals surface area contributed by atoms with Crippen molar-refractivity contribution in [2.45, 2.75) is 18.3 Å². The third kappa shape index (κ3) is 4.76. The number of nitrogens with one attached hydrogen (secondary N) is 1. The Labute approximate surface area is 152 Å². The second kappa shape index (κ2) is 8.09. The lowest BCUT2D eigenvalue weighted by Gasteiger charge is -2.22. The Morgan fingerprint density at radius 1 is 1.07 bits per heavy atom. The normalized spacial score (nSPS) is 13.5. The van der Waals surface area contributed by atoms with E-state index in [1.54, 1.807) is 0 Å². The molecule has 0 spiro atoms. The molecular weight excluding hydrogens is 367 g/mol. The van der Waals surface area contributed by atoms with Gasteiger partial charge < -0.3 is 20.3 Å². The molecule has 2 aromatic carbocycles. The van der Waals surface area contributed by atoms with E-state index >= 15 is 0 Å². The van der Waals surface area contributed by atoms with Crippen molar-refractivity contribution in [2.75, 3.05) is 7.11 Å². The summed E-state index contributed by atoms with van der Waals surface area (Å²) in [5.74, 6) is -2.40. The molecule has 27 heavy (non-hydrogen) atoms. The first-order valence-electron chi connectivity index (χ1n) is 7.67. The number of carbonyl (C=O) groups excluding carboxylic acids is 1. The highest BCUT2D eigenvalue weighted by atomic mass is 19.4. The lowest BCUT2D eigenvalue weighted by Crippen LogP contribution is -2.45. The summed E-state index contributed by atoms with van der Waals surface area (Å²) < 4.78 is 44.1. The topological polar surface area (TPSA) is 95.9 Å². The van der Waals surface area contributed by atoms with Gasteiger partial charge in [-0.05, 0) is 29.8 Å². The van der Waals surface area contributed by atoms with Crippen molar-refractivity contribution in [3.63, 3.8) is 0 Å². The molecule has 0 heterocycles. The zero-order valence-electron chi connectivity index (χ0n) is 14.0. The van der Waals surface area contributed by atoms with Gasteiger partial charge in [-0.2, -0.15) is 13.2 Å². The molecule has 0 saturated heterocycles. The van der Waals surface area contributed by atoms with Crippen molar-refractivity contribution in [3.05, 3.63) is 65.2 Å². The van der Waals surface area contributed by atoms with Crippen molar-refractivity contribution in [3.8, 4) is 5.75 Å². The molecule has 0 aromatic heterocycles. The largest absolute Gasteiger partial charge is 0.497 e. The molecule has 0 fully saturated rings. The lowest BCUT2D eigenvalue weighted by atomic mass is 10.0. The van der Waals surface area contributed by atoms with Gasteiger partial charge in [0, 0.05) is 0 Å². The van der Waals surface area contributed by atoms with Crippen LogP contribution < -0.4 is 10.1 Å². The summed E-state index contributed by atoms with van der Waals surface area (Å²) in [5.41, 5.74) is -1.80. The van der Waals surface area contributed by atoms with Crippen molar-refractivity contribution in [2.24, 2.45) is 0 Å². The fourth-order valence-electron chi connectivity index (χ4n) is 2.42. The molecule has 144 valence electrons. The first kappa shape index (κ1) is 20.2. The van der Waals surface area contributed by atoms with Gasteiger partial charge in [0.1, 0.15) is 11.9 Å². The first-order chi connectivity index (χ1) is 12.6. The number of alkyl halides is 3. The summed E-state index contributed by atoms with van der Waals surface area (Å²) >= 11 is 0. The molecule has 2 atom stereocenters. The van der Waals surface area contributed by atoms with Gasteiger partial charge in [0.15, 0.2) is 6.04 Å². The lowest BCUT2D eigenvalue weighted by molar-refractivity contribution is -0.142. The summed E-state index contributed by atoms with van der Waals surface area (Å²) in [7, 11) is 1.42. The average Bonchev–Trinajstić information content (AvgIpc) is 2.64. The highest BCUT2D eigenvalue weighted by Gasteiger charge is 2.36. The number of aliphatic hydroxyl groups is 1. The molecule has 2 unspecified atom stereocenters. The van der Waals surface area contributed by atoms with E-state index in [0.717, 1.165) is 12.1 Å². The monoisotopic (exact) mass is 383 g/mol. The van der Waals surface area contributed by atoms with Crippen LogP contribution in [-0.4, -0.2) is 35.2 Å². The van der Waals surface area contributed by atoms with E-state index in [2.05, 4.69) is 0 Å². The first-order valence-corrected chi connectivity index (χ1v) is 7.67. The molecule has 0 saturated carbocycles. The Hall–Kier alpha value is -3.07. The SMILES string of the molecule is COc1ccc(C(O)C(NC(=O)c2ccccc2C(F)(F)F)C(=O)O)cc1. The number of halogens is 3. The summed E-state index contributed by atoms with van der Waals surface area (Å²) in [4.78, 5) is 23.7. The van der Waals surface area contributed by atoms with Crippen LogP contribution in [0.25, 0.3) is 0 Å². The maximum atomic E-state index is 13.0. The number of carboxylic acids is 1. The molecule has 9 heteroatoms. The van der Waals surface area contributed by atoms with E-state index in [1.807, 2.05) is 5.32 Å². The van der Waals surface area contributed by atoms with Crippen LogP contribution in [0.3, 0.4) is 0 Å².